The molecular formula is C23H22Cl2N4O4S2. The summed E-state index contributed by atoms with van der Waals surface area (Å²) in [6.07, 6.45) is 1.23. The molecule has 0 radical (unpaired) electrons. The second-order valence-electron chi connectivity index (χ2n) is 7.90. The lowest BCUT2D eigenvalue weighted by Crippen LogP contribution is -2.48. The summed E-state index contributed by atoms with van der Waals surface area (Å²) in [5.74, 6) is 0.0773. The van der Waals surface area contributed by atoms with Crippen molar-refractivity contribution in [2.45, 2.75) is 0 Å². The molecule has 1 amide bonds. The number of rotatable bonds is 5. The van der Waals surface area contributed by atoms with E-state index in [9.17, 15) is 13.2 Å². The number of furan rings is 1. The number of carbonyl (C=O) groups excluding carboxylic acids is 1. The Morgan fingerprint density at radius 1 is 0.971 bits per heavy atom. The van der Waals surface area contributed by atoms with Crippen LogP contribution in [0.15, 0.2) is 59.0 Å². The Balaban J connectivity index is 1.31. The molecular weight excluding hydrogens is 531 g/mol. The number of thiocarbonyl (C=S) groups is 1. The van der Waals surface area contributed by atoms with Gasteiger partial charge in [0.2, 0.25) is 10.0 Å². The molecule has 8 nitrogen and oxygen atoms in total. The summed E-state index contributed by atoms with van der Waals surface area (Å²) >= 11 is 17.3. The highest BCUT2D eigenvalue weighted by molar-refractivity contribution is 7.88. The van der Waals surface area contributed by atoms with Gasteiger partial charge in [0.05, 0.1) is 16.3 Å². The van der Waals surface area contributed by atoms with Gasteiger partial charge in [-0.05, 0) is 66.8 Å². The first-order valence-corrected chi connectivity index (χ1v) is 13.6. The maximum Gasteiger partial charge on any atom is 0.293 e. The van der Waals surface area contributed by atoms with Gasteiger partial charge in [0.25, 0.3) is 5.91 Å². The van der Waals surface area contributed by atoms with E-state index in [1.807, 2.05) is 24.3 Å². The van der Waals surface area contributed by atoms with Gasteiger partial charge in [-0.15, -0.1) is 0 Å². The largest absolute Gasteiger partial charge is 0.451 e. The van der Waals surface area contributed by atoms with E-state index in [2.05, 4.69) is 15.5 Å². The Morgan fingerprint density at radius 3 is 2.29 bits per heavy atom. The number of nitrogens with zero attached hydrogens (tertiary/aromatic N) is 2. The molecule has 1 saturated heterocycles. The molecule has 0 aliphatic carbocycles. The van der Waals surface area contributed by atoms with E-state index < -0.39 is 15.9 Å². The summed E-state index contributed by atoms with van der Waals surface area (Å²) in [7, 11) is -3.17. The maximum absolute atomic E-state index is 12.5. The number of benzene rings is 2. The highest BCUT2D eigenvalue weighted by atomic mass is 35.5. The molecule has 2 heterocycles. The summed E-state index contributed by atoms with van der Waals surface area (Å²) in [4.78, 5) is 14.7. The first-order chi connectivity index (χ1) is 16.6. The molecule has 12 heteroatoms. The molecule has 184 valence electrons. The monoisotopic (exact) mass is 552 g/mol. The summed E-state index contributed by atoms with van der Waals surface area (Å²) in [6.45, 7) is 2.13. The second kappa shape index (κ2) is 10.5. The molecule has 2 N–H and O–H groups in total. The third-order valence-electron chi connectivity index (χ3n) is 5.46. The summed E-state index contributed by atoms with van der Waals surface area (Å²) in [5, 5.41) is 6.51. The fourth-order valence-electron chi connectivity index (χ4n) is 3.63. The number of carbonyl (C=O) groups is 1. The van der Waals surface area contributed by atoms with E-state index in [1.165, 1.54) is 10.6 Å². The van der Waals surface area contributed by atoms with E-state index in [0.717, 1.165) is 5.69 Å². The van der Waals surface area contributed by atoms with Crippen molar-refractivity contribution in [3.8, 4) is 11.3 Å². The highest BCUT2D eigenvalue weighted by Gasteiger charge is 2.23. The number of piperazine rings is 1. The minimum absolute atomic E-state index is 0.0961. The Morgan fingerprint density at radius 2 is 1.66 bits per heavy atom. The molecule has 0 spiro atoms. The van der Waals surface area contributed by atoms with Crippen LogP contribution in [0.25, 0.3) is 11.3 Å². The molecule has 0 atom stereocenters. The lowest BCUT2D eigenvalue weighted by Gasteiger charge is -2.34. The average Bonchev–Trinajstić information content (AvgIpc) is 3.31. The van der Waals surface area contributed by atoms with E-state index in [1.54, 1.807) is 30.3 Å². The van der Waals surface area contributed by atoms with Gasteiger partial charge in [-0.2, -0.15) is 4.31 Å². The number of sulfonamides is 1. The number of nitrogens with one attached hydrogen (secondary N) is 2. The van der Waals surface area contributed by atoms with E-state index in [0.29, 0.717) is 53.2 Å². The molecule has 0 saturated carbocycles. The standard InChI is InChI=1S/C23H22Cl2N4O4S2/c1-35(31,32)29-12-10-28(11-13-29)17-5-3-16(4-6-17)26-23(34)27-22(30)21-9-8-20(33-21)15-2-7-18(24)19(25)14-15/h2-9,14H,10-13H2,1H3,(H2,26,27,30,34). The zero-order valence-electron chi connectivity index (χ0n) is 18.6. The van der Waals surface area contributed by atoms with Crippen molar-refractivity contribution in [2.75, 3.05) is 42.7 Å². The van der Waals surface area contributed by atoms with Gasteiger partial charge < -0.3 is 14.6 Å². The average molecular weight is 553 g/mol. The van der Waals surface area contributed by atoms with Crippen LogP contribution in [-0.2, 0) is 10.0 Å². The third kappa shape index (κ3) is 6.33. The Kier molecular flexibility index (Phi) is 7.67. The predicted octanol–water partition coefficient (Wildman–Crippen LogP) is 4.46. The smallest absolute Gasteiger partial charge is 0.293 e. The molecule has 4 rings (SSSR count). The Labute approximate surface area is 218 Å². The lowest BCUT2D eigenvalue weighted by atomic mass is 10.2. The molecule has 35 heavy (non-hydrogen) atoms. The van der Waals surface area contributed by atoms with E-state index in [4.69, 9.17) is 39.8 Å². The van der Waals surface area contributed by atoms with Gasteiger partial charge in [0, 0.05) is 43.1 Å². The van der Waals surface area contributed by atoms with Crippen molar-refractivity contribution in [3.05, 3.63) is 70.4 Å². The van der Waals surface area contributed by atoms with Crippen LogP contribution in [0.2, 0.25) is 10.0 Å². The summed E-state index contributed by atoms with van der Waals surface area (Å²) in [6, 6.07) is 15.8. The molecule has 2 aromatic carbocycles. The number of anilines is 2. The SMILES string of the molecule is CS(=O)(=O)N1CCN(c2ccc(NC(=S)NC(=O)c3ccc(-c4ccc(Cl)c(Cl)c4)o3)cc2)CC1. The molecule has 0 unspecified atom stereocenters. The number of halogens is 2. The van der Waals surface area contributed by atoms with Gasteiger partial charge in [-0.25, -0.2) is 8.42 Å². The van der Waals surface area contributed by atoms with Crippen LogP contribution in [0, 0.1) is 0 Å². The van der Waals surface area contributed by atoms with Crippen molar-refractivity contribution in [1.82, 2.24) is 9.62 Å². The first-order valence-electron chi connectivity index (χ1n) is 10.6. The summed E-state index contributed by atoms with van der Waals surface area (Å²) in [5.41, 5.74) is 2.37. The fourth-order valence-corrected chi connectivity index (χ4v) is 4.96. The molecule has 1 fully saturated rings. The van der Waals surface area contributed by atoms with Crippen LogP contribution in [0.5, 0.6) is 0 Å². The topological polar surface area (TPSA) is 94.9 Å². The van der Waals surface area contributed by atoms with E-state index >= 15 is 0 Å². The number of amides is 1. The number of hydrogen-bond acceptors (Lipinski definition) is 6. The van der Waals surface area contributed by atoms with Crippen molar-refractivity contribution in [2.24, 2.45) is 0 Å². The van der Waals surface area contributed by atoms with Crippen LogP contribution < -0.4 is 15.5 Å². The normalized spacial score (nSPS) is 14.5. The maximum atomic E-state index is 12.5. The summed E-state index contributed by atoms with van der Waals surface area (Å²) < 4.78 is 30.5. The van der Waals surface area contributed by atoms with Gasteiger partial charge >= 0.3 is 0 Å². The first kappa shape index (κ1) is 25.5. The van der Waals surface area contributed by atoms with Crippen molar-refractivity contribution in [3.63, 3.8) is 0 Å². The molecule has 3 aromatic rings. The zero-order valence-corrected chi connectivity index (χ0v) is 21.8. The molecule has 1 aromatic heterocycles. The predicted molar refractivity (Wildman–Crippen MR) is 143 cm³/mol. The second-order valence-corrected chi connectivity index (χ2v) is 11.1. The van der Waals surface area contributed by atoms with Gasteiger partial charge in [-0.1, -0.05) is 23.2 Å². The fraction of sp³-hybridized carbons (Fsp3) is 0.217. The van der Waals surface area contributed by atoms with Crippen molar-refractivity contribution >= 4 is 67.8 Å². The molecule has 1 aliphatic rings. The van der Waals surface area contributed by atoms with Gasteiger partial charge in [-0.3, -0.25) is 10.1 Å². The zero-order chi connectivity index (χ0) is 25.2. The number of hydrogen-bond donors (Lipinski definition) is 2. The van der Waals surface area contributed by atoms with Gasteiger partial charge in [0.15, 0.2) is 10.9 Å². The van der Waals surface area contributed by atoms with Crippen LogP contribution in [0.3, 0.4) is 0 Å². The van der Waals surface area contributed by atoms with Crippen molar-refractivity contribution < 1.29 is 17.6 Å². The van der Waals surface area contributed by atoms with Crippen LogP contribution in [-0.4, -0.2) is 56.2 Å². The van der Waals surface area contributed by atoms with Crippen LogP contribution >= 0.6 is 35.4 Å². The molecule has 1 aliphatic heterocycles. The minimum Gasteiger partial charge on any atom is -0.451 e. The van der Waals surface area contributed by atoms with Gasteiger partial charge in [0.1, 0.15) is 5.76 Å². The Bertz CT molecular complexity index is 1350. The molecule has 0 bridgehead atoms. The quantitative estimate of drug-likeness (QED) is 0.451. The Hall–Kier alpha value is -2.63. The van der Waals surface area contributed by atoms with Crippen molar-refractivity contribution in [1.29, 1.82) is 0 Å². The highest BCUT2D eigenvalue weighted by Crippen LogP contribution is 2.29. The lowest BCUT2D eigenvalue weighted by molar-refractivity contribution is 0.0951. The van der Waals surface area contributed by atoms with Crippen LogP contribution in [0.4, 0.5) is 11.4 Å². The third-order valence-corrected chi connectivity index (χ3v) is 7.71. The van der Waals surface area contributed by atoms with E-state index in [-0.39, 0.29) is 10.9 Å². The van der Waals surface area contributed by atoms with Crippen LogP contribution in [0.1, 0.15) is 10.6 Å². The minimum atomic E-state index is -3.17.